The Labute approximate surface area is 82.5 Å². The van der Waals surface area contributed by atoms with Crippen molar-refractivity contribution in [2.45, 2.75) is 6.92 Å². The summed E-state index contributed by atoms with van der Waals surface area (Å²) in [6.45, 7) is 1.89. The molecule has 0 saturated heterocycles. The Kier molecular flexibility index (Phi) is 1.81. The standard InChI is InChI=1S/C7H5BrClN3/c1-4-3-12-5(8)2-10-7(12)6(9)11-4/h2-3H,1H3. The highest BCUT2D eigenvalue weighted by Crippen LogP contribution is 2.18. The lowest BCUT2D eigenvalue weighted by atomic mass is 10.5. The van der Waals surface area contributed by atoms with Crippen LogP contribution in [0.4, 0.5) is 0 Å². The zero-order valence-electron chi connectivity index (χ0n) is 6.25. The van der Waals surface area contributed by atoms with Gasteiger partial charge in [0.15, 0.2) is 10.8 Å². The molecule has 0 amide bonds. The molecule has 0 saturated carbocycles. The van der Waals surface area contributed by atoms with E-state index in [-0.39, 0.29) is 0 Å². The Morgan fingerprint density at radius 3 is 3.08 bits per heavy atom. The molecule has 0 spiro atoms. The largest absolute Gasteiger partial charge is 0.290 e. The highest BCUT2D eigenvalue weighted by atomic mass is 79.9. The third-order valence-corrected chi connectivity index (χ3v) is 2.37. The maximum absolute atomic E-state index is 5.86. The number of hydrogen-bond acceptors (Lipinski definition) is 2. The molecule has 2 aromatic heterocycles. The van der Waals surface area contributed by atoms with Crippen LogP contribution in [0.15, 0.2) is 17.0 Å². The lowest BCUT2D eigenvalue weighted by Crippen LogP contribution is -1.91. The minimum absolute atomic E-state index is 0.431. The smallest absolute Gasteiger partial charge is 0.175 e. The van der Waals surface area contributed by atoms with Crippen LogP contribution in [0.25, 0.3) is 5.65 Å². The number of aromatic nitrogens is 3. The first kappa shape index (κ1) is 8.01. The quantitative estimate of drug-likeness (QED) is 0.715. The maximum Gasteiger partial charge on any atom is 0.175 e. The van der Waals surface area contributed by atoms with Crippen molar-refractivity contribution in [3.8, 4) is 0 Å². The van der Waals surface area contributed by atoms with E-state index in [1.165, 1.54) is 0 Å². The first-order chi connectivity index (χ1) is 5.68. The molecule has 0 radical (unpaired) electrons. The molecule has 3 nitrogen and oxygen atoms in total. The molecule has 0 N–H and O–H groups in total. The van der Waals surface area contributed by atoms with Crippen molar-refractivity contribution >= 4 is 33.2 Å². The molecule has 0 aliphatic heterocycles. The van der Waals surface area contributed by atoms with E-state index in [1.54, 1.807) is 6.20 Å². The molecule has 62 valence electrons. The molecular weight excluding hydrogens is 241 g/mol. The van der Waals surface area contributed by atoms with Crippen molar-refractivity contribution in [3.05, 3.63) is 27.8 Å². The Morgan fingerprint density at radius 2 is 2.33 bits per heavy atom. The summed E-state index contributed by atoms with van der Waals surface area (Å²) in [4.78, 5) is 8.16. The van der Waals surface area contributed by atoms with Gasteiger partial charge in [0.25, 0.3) is 0 Å². The lowest BCUT2D eigenvalue weighted by molar-refractivity contribution is 1.05. The first-order valence-corrected chi connectivity index (χ1v) is 4.51. The van der Waals surface area contributed by atoms with Crippen molar-refractivity contribution in [2.24, 2.45) is 0 Å². The van der Waals surface area contributed by atoms with Crippen molar-refractivity contribution in [2.75, 3.05) is 0 Å². The molecule has 0 unspecified atom stereocenters. The number of fused-ring (bicyclic) bond motifs is 1. The zero-order valence-corrected chi connectivity index (χ0v) is 8.59. The van der Waals surface area contributed by atoms with Crippen LogP contribution >= 0.6 is 27.5 Å². The van der Waals surface area contributed by atoms with E-state index >= 15 is 0 Å². The predicted molar refractivity (Wildman–Crippen MR) is 50.4 cm³/mol. The Hall–Kier alpha value is -0.610. The topological polar surface area (TPSA) is 30.2 Å². The van der Waals surface area contributed by atoms with E-state index in [0.717, 1.165) is 10.3 Å². The third-order valence-electron chi connectivity index (χ3n) is 1.53. The number of halogens is 2. The van der Waals surface area contributed by atoms with Gasteiger partial charge < -0.3 is 0 Å². The summed E-state index contributed by atoms with van der Waals surface area (Å²) in [5, 5.41) is 0.431. The van der Waals surface area contributed by atoms with E-state index in [9.17, 15) is 0 Å². The van der Waals surface area contributed by atoms with E-state index in [2.05, 4.69) is 25.9 Å². The molecule has 2 heterocycles. The molecule has 0 aromatic carbocycles. The van der Waals surface area contributed by atoms with Crippen LogP contribution < -0.4 is 0 Å². The highest BCUT2D eigenvalue weighted by Gasteiger charge is 2.05. The number of imidazole rings is 1. The van der Waals surface area contributed by atoms with Crippen LogP contribution in [0.2, 0.25) is 5.15 Å². The molecule has 0 aliphatic rings. The van der Waals surface area contributed by atoms with Crippen molar-refractivity contribution in [1.82, 2.24) is 14.4 Å². The molecule has 0 atom stereocenters. The van der Waals surface area contributed by atoms with Crippen LogP contribution in [0.3, 0.4) is 0 Å². The van der Waals surface area contributed by atoms with Gasteiger partial charge in [-0.1, -0.05) is 11.6 Å². The second-order valence-corrected chi connectivity index (χ2v) is 3.62. The Balaban J connectivity index is 2.92. The van der Waals surface area contributed by atoms with Gasteiger partial charge in [-0.25, -0.2) is 9.97 Å². The average Bonchev–Trinajstić information content (AvgIpc) is 2.33. The SMILES string of the molecule is Cc1cn2c(Br)cnc2c(Cl)n1. The van der Waals surface area contributed by atoms with Crippen molar-refractivity contribution in [3.63, 3.8) is 0 Å². The molecular formula is C7H5BrClN3. The van der Waals surface area contributed by atoms with Gasteiger partial charge in [0.05, 0.1) is 11.9 Å². The van der Waals surface area contributed by atoms with Crippen molar-refractivity contribution < 1.29 is 0 Å². The average molecular weight is 246 g/mol. The van der Waals surface area contributed by atoms with Crippen LogP contribution in [-0.4, -0.2) is 14.4 Å². The third kappa shape index (κ3) is 1.11. The molecule has 12 heavy (non-hydrogen) atoms. The van der Waals surface area contributed by atoms with Gasteiger partial charge >= 0.3 is 0 Å². The fourth-order valence-corrected chi connectivity index (χ4v) is 1.68. The van der Waals surface area contributed by atoms with Crippen LogP contribution in [0.1, 0.15) is 5.69 Å². The Bertz CT molecular complexity index is 437. The van der Waals surface area contributed by atoms with Gasteiger partial charge in [0, 0.05) is 6.20 Å². The number of nitrogens with zero attached hydrogens (tertiary/aromatic N) is 3. The molecule has 2 aromatic rings. The molecule has 0 aliphatic carbocycles. The van der Waals surface area contributed by atoms with Gasteiger partial charge in [-0.3, -0.25) is 4.40 Å². The monoisotopic (exact) mass is 245 g/mol. The van der Waals surface area contributed by atoms with E-state index in [0.29, 0.717) is 10.8 Å². The first-order valence-electron chi connectivity index (χ1n) is 3.34. The second kappa shape index (κ2) is 2.71. The zero-order chi connectivity index (χ0) is 8.72. The fourth-order valence-electron chi connectivity index (χ4n) is 1.04. The van der Waals surface area contributed by atoms with Gasteiger partial charge in [-0.05, 0) is 22.9 Å². The normalized spacial score (nSPS) is 10.9. The van der Waals surface area contributed by atoms with Crippen LogP contribution in [0, 0.1) is 6.92 Å². The van der Waals surface area contributed by atoms with Gasteiger partial charge in [0.1, 0.15) is 4.60 Å². The van der Waals surface area contributed by atoms with Crippen molar-refractivity contribution in [1.29, 1.82) is 0 Å². The summed E-state index contributed by atoms with van der Waals surface area (Å²) < 4.78 is 2.73. The molecule has 2 rings (SSSR count). The fraction of sp³-hybridized carbons (Fsp3) is 0.143. The molecule has 0 bridgehead atoms. The number of hydrogen-bond donors (Lipinski definition) is 0. The minimum atomic E-state index is 0.431. The summed E-state index contributed by atoms with van der Waals surface area (Å²) in [6, 6.07) is 0. The minimum Gasteiger partial charge on any atom is -0.290 e. The lowest BCUT2D eigenvalue weighted by Gasteiger charge is -1.98. The Morgan fingerprint density at radius 1 is 1.58 bits per heavy atom. The number of aryl methyl sites for hydroxylation is 1. The van der Waals surface area contributed by atoms with E-state index < -0.39 is 0 Å². The van der Waals surface area contributed by atoms with Gasteiger partial charge in [0.2, 0.25) is 0 Å². The molecule has 0 fully saturated rings. The van der Waals surface area contributed by atoms with Gasteiger partial charge in [-0.2, -0.15) is 0 Å². The summed E-state index contributed by atoms with van der Waals surface area (Å²) in [5.41, 5.74) is 1.54. The predicted octanol–water partition coefficient (Wildman–Crippen LogP) is 2.45. The van der Waals surface area contributed by atoms with Crippen LogP contribution in [0.5, 0.6) is 0 Å². The van der Waals surface area contributed by atoms with Gasteiger partial charge in [-0.15, -0.1) is 0 Å². The number of rotatable bonds is 0. The second-order valence-electron chi connectivity index (χ2n) is 2.45. The highest BCUT2D eigenvalue weighted by molar-refractivity contribution is 9.10. The van der Waals surface area contributed by atoms with Crippen LogP contribution in [-0.2, 0) is 0 Å². The van der Waals surface area contributed by atoms with E-state index in [4.69, 9.17) is 11.6 Å². The summed E-state index contributed by atoms with van der Waals surface area (Å²) >= 11 is 9.21. The van der Waals surface area contributed by atoms with E-state index in [1.807, 2.05) is 17.5 Å². The maximum atomic E-state index is 5.86. The summed E-state index contributed by atoms with van der Waals surface area (Å²) in [5.74, 6) is 0. The molecule has 5 heteroatoms. The summed E-state index contributed by atoms with van der Waals surface area (Å²) in [6.07, 6.45) is 3.57. The summed E-state index contributed by atoms with van der Waals surface area (Å²) in [7, 11) is 0.